The van der Waals surface area contributed by atoms with Crippen molar-refractivity contribution in [1.29, 1.82) is 0 Å². The zero-order chi connectivity index (χ0) is 19.4. The number of hydrogen-bond acceptors (Lipinski definition) is 3. The lowest BCUT2D eigenvalue weighted by atomic mass is 10.00. The summed E-state index contributed by atoms with van der Waals surface area (Å²) in [6, 6.07) is 12.0. The highest BCUT2D eigenvalue weighted by atomic mass is 35.5. The van der Waals surface area contributed by atoms with E-state index >= 15 is 0 Å². The number of halogens is 2. The Kier molecular flexibility index (Phi) is 6.37. The van der Waals surface area contributed by atoms with Gasteiger partial charge in [0, 0.05) is 17.8 Å². The molecule has 0 spiro atoms. The van der Waals surface area contributed by atoms with Crippen LogP contribution in [0.2, 0.25) is 10.0 Å². The number of nitrogens with one attached hydrogen (secondary N) is 1. The fourth-order valence-electron chi connectivity index (χ4n) is 3.29. The Labute approximate surface area is 168 Å². The summed E-state index contributed by atoms with van der Waals surface area (Å²) in [6.45, 7) is 1.48. The van der Waals surface area contributed by atoms with Crippen molar-refractivity contribution in [3.05, 3.63) is 63.6 Å². The van der Waals surface area contributed by atoms with Crippen molar-refractivity contribution in [3.8, 4) is 0 Å². The van der Waals surface area contributed by atoms with Crippen molar-refractivity contribution in [2.75, 3.05) is 11.9 Å². The lowest BCUT2D eigenvalue weighted by Gasteiger charge is -2.34. The quantitative estimate of drug-likeness (QED) is 0.786. The number of rotatable bonds is 5. The average Bonchev–Trinajstić information content (AvgIpc) is 2.65. The third kappa shape index (κ3) is 5.01. The molecule has 2 aromatic carbocycles. The molecule has 7 heteroatoms. The molecular formula is C20H21Cl2N3O2. The highest BCUT2D eigenvalue weighted by Crippen LogP contribution is 2.26. The van der Waals surface area contributed by atoms with Gasteiger partial charge in [0.05, 0.1) is 16.1 Å². The fourth-order valence-corrected chi connectivity index (χ4v) is 3.58. The number of anilines is 1. The Morgan fingerprint density at radius 2 is 1.81 bits per heavy atom. The molecule has 2 aromatic rings. The van der Waals surface area contributed by atoms with Crippen LogP contribution in [0.1, 0.15) is 35.2 Å². The Balaban J connectivity index is 1.69. The maximum Gasteiger partial charge on any atom is 0.248 e. The third-order valence-corrected chi connectivity index (χ3v) is 5.47. The van der Waals surface area contributed by atoms with Gasteiger partial charge in [-0.2, -0.15) is 0 Å². The second kappa shape index (κ2) is 8.74. The van der Waals surface area contributed by atoms with E-state index in [1.165, 1.54) is 0 Å². The van der Waals surface area contributed by atoms with E-state index in [0.29, 0.717) is 27.8 Å². The number of carbonyl (C=O) groups excluding carboxylic acids is 2. The van der Waals surface area contributed by atoms with E-state index in [0.717, 1.165) is 31.4 Å². The van der Waals surface area contributed by atoms with Gasteiger partial charge in [0.1, 0.15) is 0 Å². The second-order valence-corrected chi connectivity index (χ2v) is 7.48. The van der Waals surface area contributed by atoms with Gasteiger partial charge in [0.15, 0.2) is 0 Å². The van der Waals surface area contributed by atoms with E-state index in [1.807, 2.05) is 12.1 Å². The number of carbonyl (C=O) groups is 2. The number of primary amides is 1. The van der Waals surface area contributed by atoms with Gasteiger partial charge in [0.25, 0.3) is 0 Å². The number of likely N-dealkylation sites (tertiary alicyclic amines) is 1. The van der Waals surface area contributed by atoms with Crippen LogP contribution in [0, 0.1) is 0 Å². The summed E-state index contributed by atoms with van der Waals surface area (Å²) < 4.78 is 0. The maximum absolute atomic E-state index is 12.8. The van der Waals surface area contributed by atoms with Crippen LogP contribution in [0.15, 0.2) is 42.5 Å². The van der Waals surface area contributed by atoms with Crippen molar-refractivity contribution in [1.82, 2.24) is 4.90 Å². The van der Waals surface area contributed by atoms with Crippen LogP contribution in [0.25, 0.3) is 0 Å². The zero-order valence-corrected chi connectivity index (χ0v) is 16.3. The molecule has 142 valence electrons. The molecule has 1 aliphatic rings. The summed E-state index contributed by atoms with van der Waals surface area (Å²) in [6.07, 6.45) is 2.86. The molecule has 3 N–H and O–H groups in total. The standard InChI is InChI=1S/C20H21Cl2N3O2/c21-16-9-8-15(11-17(16)22)24-20(27)18-3-1-2-10-25(18)12-13-4-6-14(7-5-13)19(23)26/h4-9,11,18H,1-3,10,12H2,(H2,23,26)(H,24,27). The first-order valence-corrected chi connectivity index (χ1v) is 9.58. The Bertz CT molecular complexity index is 840. The minimum Gasteiger partial charge on any atom is -0.366 e. The van der Waals surface area contributed by atoms with Gasteiger partial charge in [-0.15, -0.1) is 0 Å². The van der Waals surface area contributed by atoms with Gasteiger partial charge in [-0.1, -0.05) is 41.8 Å². The molecule has 1 saturated heterocycles. The summed E-state index contributed by atoms with van der Waals surface area (Å²) in [4.78, 5) is 26.2. The molecule has 5 nitrogen and oxygen atoms in total. The molecule has 0 aromatic heterocycles. The van der Waals surface area contributed by atoms with E-state index in [-0.39, 0.29) is 11.9 Å². The summed E-state index contributed by atoms with van der Waals surface area (Å²) in [7, 11) is 0. The molecule has 1 atom stereocenters. The normalized spacial score (nSPS) is 17.5. The van der Waals surface area contributed by atoms with Crippen LogP contribution in [0.4, 0.5) is 5.69 Å². The first kappa shape index (κ1) is 19.7. The van der Waals surface area contributed by atoms with Crippen molar-refractivity contribution >= 4 is 40.7 Å². The number of piperidine rings is 1. The predicted molar refractivity (Wildman–Crippen MR) is 108 cm³/mol. The van der Waals surface area contributed by atoms with Crippen LogP contribution >= 0.6 is 23.2 Å². The van der Waals surface area contributed by atoms with E-state index < -0.39 is 5.91 Å². The van der Waals surface area contributed by atoms with Gasteiger partial charge in [0.2, 0.25) is 11.8 Å². The van der Waals surface area contributed by atoms with Crippen LogP contribution < -0.4 is 11.1 Å². The van der Waals surface area contributed by atoms with Gasteiger partial charge in [-0.3, -0.25) is 14.5 Å². The van der Waals surface area contributed by atoms with Crippen LogP contribution in [0.3, 0.4) is 0 Å². The lowest BCUT2D eigenvalue weighted by molar-refractivity contribution is -0.122. The highest BCUT2D eigenvalue weighted by molar-refractivity contribution is 6.42. The Hall–Kier alpha value is -2.08. The Morgan fingerprint density at radius 1 is 1.07 bits per heavy atom. The van der Waals surface area contributed by atoms with Crippen molar-refractivity contribution in [3.63, 3.8) is 0 Å². The van der Waals surface area contributed by atoms with E-state index in [1.54, 1.807) is 30.3 Å². The monoisotopic (exact) mass is 405 g/mol. The number of nitrogens with two attached hydrogens (primary N) is 1. The molecule has 1 fully saturated rings. The van der Waals surface area contributed by atoms with Crippen LogP contribution in [-0.2, 0) is 11.3 Å². The highest BCUT2D eigenvalue weighted by Gasteiger charge is 2.28. The average molecular weight is 406 g/mol. The third-order valence-electron chi connectivity index (χ3n) is 4.73. The van der Waals surface area contributed by atoms with Gasteiger partial charge in [-0.05, 0) is 55.3 Å². The minimum absolute atomic E-state index is 0.0538. The van der Waals surface area contributed by atoms with Gasteiger partial charge < -0.3 is 11.1 Å². The summed E-state index contributed by atoms with van der Waals surface area (Å²) >= 11 is 12.0. The molecule has 0 saturated carbocycles. The molecule has 0 radical (unpaired) electrons. The van der Waals surface area contributed by atoms with Crippen LogP contribution in [-0.4, -0.2) is 29.3 Å². The molecule has 0 aliphatic carbocycles. The van der Waals surface area contributed by atoms with E-state index in [2.05, 4.69) is 10.2 Å². The molecular weight excluding hydrogens is 385 g/mol. The smallest absolute Gasteiger partial charge is 0.248 e. The molecule has 3 rings (SSSR count). The maximum atomic E-state index is 12.8. The molecule has 1 heterocycles. The minimum atomic E-state index is -0.446. The van der Waals surface area contributed by atoms with Crippen molar-refractivity contribution < 1.29 is 9.59 Å². The van der Waals surface area contributed by atoms with Crippen molar-refractivity contribution in [2.24, 2.45) is 5.73 Å². The number of amides is 2. The predicted octanol–water partition coefficient (Wildman–Crippen LogP) is 4.09. The summed E-state index contributed by atoms with van der Waals surface area (Å²) in [5, 5.41) is 3.79. The fraction of sp³-hybridized carbons (Fsp3) is 0.300. The summed E-state index contributed by atoms with van der Waals surface area (Å²) in [5.74, 6) is -0.500. The largest absolute Gasteiger partial charge is 0.366 e. The topological polar surface area (TPSA) is 75.4 Å². The first-order valence-electron chi connectivity index (χ1n) is 8.83. The number of hydrogen-bond donors (Lipinski definition) is 2. The molecule has 1 unspecified atom stereocenters. The van der Waals surface area contributed by atoms with Crippen molar-refractivity contribution in [2.45, 2.75) is 31.8 Å². The number of nitrogens with zero attached hydrogens (tertiary/aromatic N) is 1. The zero-order valence-electron chi connectivity index (χ0n) is 14.8. The van der Waals surface area contributed by atoms with E-state index in [4.69, 9.17) is 28.9 Å². The second-order valence-electron chi connectivity index (χ2n) is 6.66. The molecule has 0 bridgehead atoms. The van der Waals surface area contributed by atoms with Gasteiger partial charge in [-0.25, -0.2) is 0 Å². The molecule has 2 amide bonds. The lowest BCUT2D eigenvalue weighted by Crippen LogP contribution is -2.46. The Morgan fingerprint density at radius 3 is 2.48 bits per heavy atom. The molecule has 27 heavy (non-hydrogen) atoms. The summed E-state index contributed by atoms with van der Waals surface area (Å²) in [5.41, 5.74) is 7.43. The first-order chi connectivity index (χ1) is 12.9. The van der Waals surface area contributed by atoms with E-state index in [9.17, 15) is 9.59 Å². The molecule has 1 aliphatic heterocycles. The number of benzene rings is 2. The van der Waals surface area contributed by atoms with Gasteiger partial charge >= 0.3 is 0 Å². The van der Waals surface area contributed by atoms with Crippen LogP contribution in [0.5, 0.6) is 0 Å². The SMILES string of the molecule is NC(=O)c1ccc(CN2CCCCC2C(=O)Nc2ccc(Cl)c(Cl)c2)cc1.